The Morgan fingerprint density at radius 2 is 1.67 bits per heavy atom. The van der Waals surface area contributed by atoms with Crippen LogP contribution in [0.4, 0.5) is 13.2 Å². The van der Waals surface area contributed by atoms with Crippen molar-refractivity contribution in [3.05, 3.63) is 29.8 Å². The molecule has 0 fully saturated rings. The Balaban J connectivity index is 2.58. The van der Waals surface area contributed by atoms with E-state index in [1.54, 1.807) is 24.3 Å². The molecule has 0 amide bonds. The number of carbonyl (C=O) groups excluding carboxylic acids is 2. The second-order valence-corrected chi connectivity index (χ2v) is 4.45. The standard InChI is InChI=1S/C12H11F3O2S/c1-18-9-4-2-8(3-5-9)10(16)6-7-11(17)12(13,14)15/h2-5H,6-7H2,1H3. The third kappa shape index (κ3) is 4.18. The predicted molar refractivity (Wildman–Crippen MR) is 62.8 cm³/mol. The van der Waals surface area contributed by atoms with E-state index < -0.39 is 30.6 Å². The topological polar surface area (TPSA) is 34.1 Å². The number of Topliss-reactive ketones (excluding diaryl/α,β-unsaturated/α-hetero) is 2. The lowest BCUT2D eigenvalue weighted by atomic mass is 10.1. The Morgan fingerprint density at radius 1 is 1.11 bits per heavy atom. The maximum atomic E-state index is 11.9. The van der Waals surface area contributed by atoms with Gasteiger partial charge in [0.05, 0.1) is 0 Å². The molecule has 2 nitrogen and oxygen atoms in total. The van der Waals surface area contributed by atoms with E-state index in [0.29, 0.717) is 5.56 Å². The molecule has 0 atom stereocenters. The van der Waals surface area contributed by atoms with Crippen LogP contribution in [0.2, 0.25) is 0 Å². The number of rotatable bonds is 5. The molecule has 1 aromatic rings. The summed E-state index contributed by atoms with van der Waals surface area (Å²) < 4.78 is 35.8. The SMILES string of the molecule is CSc1ccc(C(=O)CCC(=O)C(F)(F)F)cc1. The summed E-state index contributed by atoms with van der Waals surface area (Å²) >= 11 is 1.50. The smallest absolute Gasteiger partial charge is 0.294 e. The minimum Gasteiger partial charge on any atom is -0.294 e. The first-order chi connectivity index (χ1) is 8.34. The van der Waals surface area contributed by atoms with Gasteiger partial charge >= 0.3 is 6.18 Å². The molecule has 0 unspecified atom stereocenters. The average Bonchev–Trinajstić information content (AvgIpc) is 2.34. The summed E-state index contributed by atoms with van der Waals surface area (Å²) in [6.45, 7) is 0. The molecule has 18 heavy (non-hydrogen) atoms. The number of thioether (sulfide) groups is 1. The van der Waals surface area contributed by atoms with Crippen LogP contribution in [0.3, 0.4) is 0 Å². The molecule has 0 spiro atoms. The van der Waals surface area contributed by atoms with E-state index in [4.69, 9.17) is 0 Å². The lowest BCUT2D eigenvalue weighted by Crippen LogP contribution is -2.23. The van der Waals surface area contributed by atoms with E-state index in [1.165, 1.54) is 11.8 Å². The van der Waals surface area contributed by atoms with Crippen LogP contribution in [0.25, 0.3) is 0 Å². The minimum absolute atomic E-state index is 0.322. The third-order valence-electron chi connectivity index (χ3n) is 2.31. The van der Waals surface area contributed by atoms with Gasteiger partial charge in [0.15, 0.2) is 5.78 Å². The van der Waals surface area contributed by atoms with Gasteiger partial charge in [-0.2, -0.15) is 13.2 Å². The van der Waals surface area contributed by atoms with E-state index in [-0.39, 0.29) is 0 Å². The molecule has 1 rings (SSSR count). The summed E-state index contributed by atoms with van der Waals surface area (Å²) in [5.74, 6) is -2.32. The molecule has 0 aliphatic heterocycles. The first-order valence-electron chi connectivity index (χ1n) is 5.12. The number of halogens is 3. The van der Waals surface area contributed by atoms with Gasteiger partial charge in [-0.15, -0.1) is 11.8 Å². The highest BCUT2D eigenvalue weighted by Gasteiger charge is 2.37. The normalized spacial score (nSPS) is 11.3. The molecule has 0 saturated heterocycles. The summed E-state index contributed by atoms with van der Waals surface area (Å²) in [6.07, 6.45) is -4.20. The van der Waals surface area contributed by atoms with Crippen molar-refractivity contribution in [2.75, 3.05) is 6.26 Å². The van der Waals surface area contributed by atoms with Gasteiger partial charge in [-0.1, -0.05) is 12.1 Å². The molecule has 0 radical (unpaired) electrons. The van der Waals surface area contributed by atoms with Crippen LogP contribution < -0.4 is 0 Å². The van der Waals surface area contributed by atoms with E-state index in [2.05, 4.69) is 0 Å². The van der Waals surface area contributed by atoms with Crippen LogP contribution in [0, 0.1) is 0 Å². The van der Waals surface area contributed by atoms with Crippen LogP contribution in [-0.4, -0.2) is 24.0 Å². The summed E-state index contributed by atoms with van der Waals surface area (Å²) in [6, 6.07) is 6.52. The van der Waals surface area contributed by atoms with Crippen LogP contribution in [0.15, 0.2) is 29.2 Å². The zero-order chi connectivity index (χ0) is 13.8. The molecular weight excluding hydrogens is 265 g/mol. The number of carbonyl (C=O) groups is 2. The zero-order valence-corrected chi connectivity index (χ0v) is 10.4. The first-order valence-corrected chi connectivity index (χ1v) is 6.34. The van der Waals surface area contributed by atoms with Gasteiger partial charge in [0.2, 0.25) is 5.78 Å². The summed E-state index contributed by atoms with van der Waals surface area (Å²) in [5, 5.41) is 0. The van der Waals surface area contributed by atoms with Crippen LogP contribution in [0.1, 0.15) is 23.2 Å². The molecule has 0 aliphatic rings. The van der Waals surface area contributed by atoms with Gasteiger partial charge in [-0.05, 0) is 18.4 Å². The van der Waals surface area contributed by atoms with E-state index >= 15 is 0 Å². The molecule has 0 N–H and O–H groups in total. The van der Waals surface area contributed by atoms with E-state index in [0.717, 1.165) is 4.90 Å². The second-order valence-electron chi connectivity index (χ2n) is 3.57. The first kappa shape index (κ1) is 14.8. The number of hydrogen-bond acceptors (Lipinski definition) is 3. The lowest BCUT2D eigenvalue weighted by Gasteiger charge is -2.05. The zero-order valence-electron chi connectivity index (χ0n) is 9.58. The third-order valence-corrected chi connectivity index (χ3v) is 3.05. The van der Waals surface area contributed by atoms with E-state index in [9.17, 15) is 22.8 Å². The van der Waals surface area contributed by atoms with Crippen molar-refractivity contribution in [3.8, 4) is 0 Å². The fraction of sp³-hybridized carbons (Fsp3) is 0.333. The Hall–Kier alpha value is -1.30. The van der Waals surface area contributed by atoms with Crippen molar-refractivity contribution in [1.82, 2.24) is 0 Å². The number of benzene rings is 1. The summed E-state index contributed by atoms with van der Waals surface area (Å²) in [5.41, 5.74) is 0.322. The fourth-order valence-corrected chi connectivity index (χ4v) is 1.70. The highest BCUT2D eigenvalue weighted by molar-refractivity contribution is 7.98. The number of hydrogen-bond donors (Lipinski definition) is 0. The van der Waals surface area contributed by atoms with Gasteiger partial charge in [-0.3, -0.25) is 9.59 Å². The van der Waals surface area contributed by atoms with Crippen LogP contribution in [0.5, 0.6) is 0 Å². The molecule has 0 bridgehead atoms. The van der Waals surface area contributed by atoms with Crippen LogP contribution >= 0.6 is 11.8 Å². The Kier molecular flexibility index (Phi) is 4.95. The fourth-order valence-electron chi connectivity index (χ4n) is 1.29. The van der Waals surface area contributed by atoms with Crippen molar-refractivity contribution < 1.29 is 22.8 Å². The van der Waals surface area contributed by atoms with Gasteiger partial charge in [0.25, 0.3) is 0 Å². The van der Waals surface area contributed by atoms with Crippen molar-refractivity contribution in [2.45, 2.75) is 23.9 Å². The van der Waals surface area contributed by atoms with Crippen molar-refractivity contribution in [3.63, 3.8) is 0 Å². The molecule has 0 saturated carbocycles. The summed E-state index contributed by atoms with van der Waals surface area (Å²) in [4.78, 5) is 23.1. The molecular formula is C12H11F3O2S. The second kappa shape index (κ2) is 6.04. The predicted octanol–water partition coefficient (Wildman–Crippen LogP) is 3.50. The number of alkyl halides is 3. The van der Waals surface area contributed by atoms with Gasteiger partial charge in [-0.25, -0.2) is 0 Å². The monoisotopic (exact) mass is 276 g/mol. The average molecular weight is 276 g/mol. The maximum absolute atomic E-state index is 11.9. The summed E-state index contributed by atoms with van der Waals surface area (Å²) in [7, 11) is 0. The Labute approximate surface area is 107 Å². The minimum atomic E-state index is -4.86. The van der Waals surface area contributed by atoms with Crippen molar-refractivity contribution in [1.29, 1.82) is 0 Å². The van der Waals surface area contributed by atoms with Crippen molar-refractivity contribution in [2.24, 2.45) is 0 Å². The molecule has 1 aromatic carbocycles. The lowest BCUT2D eigenvalue weighted by molar-refractivity contribution is -0.170. The Bertz CT molecular complexity index is 438. The van der Waals surface area contributed by atoms with Crippen LogP contribution in [-0.2, 0) is 4.79 Å². The highest BCUT2D eigenvalue weighted by atomic mass is 32.2. The largest absolute Gasteiger partial charge is 0.449 e. The Morgan fingerprint density at radius 3 is 2.11 bits per heavy atom. The molecule has 0 aromatic heterocycles. The molecule has 6 heteroatoms. The van der Waals surface area contributed by atoms with Gasteiger partial charge in [0.1, 0.15) is 0 Å². The quantitative estimate of drug-likeness (QED) is 0.609. The van der Waals surface area contributed by atoms with Gasteiger partial charge in [0, 0.05) is 23.3 Å². The highest BCUT2D eigenvalue weighted by Crippen LogP contribution is 2.20. The van der Waals surface area contributed by atoms with Gasteiger partial charge < -0.3 is 0 Å². The maximum Gasteiger partial charge on any atom is 0.449 e. The molecule has 98 valence electrons. The van der Waals surface area contributed by atoms with Crippen molar-refractivity contribution >= 4 is 23.3 Å². The molecule has 0 aliphatic carbocycles. The number of ketones is 2. The molecule has 0 heterocycles. The van der Waals surface area contributed by atoms with E-state index in [1.807, 2.05) is 6.26 Å².